The largest absolute Gasteiger partial charge is 0.493 e. The minimum atomic E-state index is -0.00248. The zero-order chi connectivity index (χ0) is 12.0. The summed E-state index contributed by atoms with van der Waals surface area (Å²) in [6.45, 7) is 5.41. The molecule has 3 heteroatoms. The summed E-state index contributed by atoms with van der Waals surface area (Å²) < 4.78 is 10.7. The van der Waals surface area contributed by atoms with Crippen LogP contribution >= 0.6 is 0 Å². The third-order valence-electron chi connectivity index (χ3n) is 2.41. The van der Waals surface area contributed by atoms with Gasteiger partial charge in [-0.3, -0.25) is 0 Å². The highest BCUT2D eigenvalue weighted by atomic mass is 16.5. The van der Waals surface area contributed by atoms with E-state index in [-0.39, 0.29) is 6.04 Å². The quantitative estimate of drug-likeness (QED) is 0.753. The van der Waals surface area contributed by atoms with E-state index in [9.17, 15) is 0 Å². The van der Waals surface area contributed by atoms with Crippen LogP contribution in [0, 0.1) is 6.92 Å². The number of hydrogen-bond acceptors (Lipinski definition) is 3. The first-order valence-corrected chi connectivity index (χ1v) is 5.63. The summed E-state index contributed by atoms with van der Waals surface area (Å²) in [6.07, 6.45) is 0.892. The van der Waals surface area contributed by atoms with Crippen LogP contribution in [-0.4, -0.2) is 20.3 Å². The molecule has 0 radical (unpaired) electrons. The van der Waals surface area contributed by atoms with Gasteiger partial charge in [-0.15, -0.1) is 0 Å². The highest BCUT2D eigenvalue weighted by Gasteiger charge is 2.07. The SMILES string of the molecule is COCCCOc1ccc(C)cc1[C@@H](C)N. The molecule has 2 N–H and O–H groups in total. The lowest BCUT2D eigenvalue weighted by atomic mass is 10.1. The Morgan fingerprint density at radius 3 is 2.69 bits per heavy atom. The van der Waals surface area contributed by atoms with E-state index < -0.39 is 0 Å². The summed E-state index contributed by atoms with van der Waals surface area (Å²) in [4.78, 5) is 0. The number of hydrogen-bond donors (Lipinski definition) is 1. The first kappa shape index (κ1) is 13.0. The van der Waals surface area contributed by atoms with Crippen LogP contribution in [0.25, 0.3) is 0 Å². The zero-order valence-corrected chi connectivity index (χ0v) is 10.3. The van der Waals surface area contributed by atoms with Crippen LogP contribution in [0.5, 0.6) is 5.75 Å². The van der Waals surface area contributed by atoms with Crippen LogP contribution in [0.2, 0.25) is 0 Å². The molecule has 0 aliphatic heterocycles. The van der Waals surface area contributed by atoms with Crippen molar-refractivity contribution in [3.8, 4) is 5.75 Å². The Morgan fingerprint density at radius 1 is 1.31 bits per heavy atom. The molecule has 0 aromatic heterocycles. The molecule has 0 aliphatic carbocycles. The standard InChI is InChI=1S/C13H21NO2/c1-10-5-6-13(12(9-10)11(2)14)16-8-4-7-15-3/h5-6,9,11H,4,7-8,14H2,1-3H3/t11-/m1/s1. The summed E-state index contributed by atoms with van der Waals surface area (Å²) in [5.41, 5.74) is 8.18. The Balaban J connectivity index is 2.64. The van der Waals surface area contributed by atoms with Crippen LogP contribution in [0.1, 0.15) is 30.5 Å². The van der Waals surface area contributed by atoms with Gasteiger partial charge in [0.1, 0.15) is 5.75 Å². The summed E-state index contributed by atoms with van der Waals surface area (Å²) >= 11 is 0. The average molecular weight is 223 g/mol. The van der Waals surface area contributed by atoms with Gasteiger partial charge in [-0.25, -0.2) is 0 Å². The fourth-order valence-electron chi connectivity index (χ4n) is 1.54. The number of ether oxygens (including phenoxy) is 2. The molecule has 0 amide bonds. The smallest absolute Gasteiger partial charge is 0.124 e. The van der Waals surface area contributed by atoms with E-state index in [0.717, 1.165) is 24.3 Å². The van der Waals surface area contributed by atoms with Crippen molar-refractivity contribution in [1.29, 1.82) is 0 Å². The number of benzene rings is 1. The molecule has 0 bridgehead atoms. The van der Waals surface area contributed by atoms with Crippen molar-refractivity contribution in [2.45, 2.75) is 26.3 Å². The van der Waals surface area contributed by atoms with Crippen LogP contribution in [-0.2, 0) is 4.74 Å². The first-order chi connectivity index (χ1) is 7.65. The molecule has 0 saturated heterocycles. The van der Waals surface area contributed by atoms with Crippen molar-refractivity contribution in [3.63, 3.8) is 0 Å². The fraction of sp³-hybridized carbons (Fsp3) is 0.538. The van der Waals surface area contributed by atoms with Gasteiger partial charge in [0.15, 0.2) is 0 Å². The maximum Gasteiger partial charge on any atom is 0.124 e. The normalized spacial score (nSPS) is 12.5. The molecule has 90 valence electrons. The van der Waals surface area contributed by atoms with Gasteiger partial charge in [-0.2, -0.15) is 0 Å². The van der Waals surface area contributed by atoms with E-state index in [2.05, 4.69) is 13.0 Å². The van der Waals surface area contributed by atoms with Gasteiger partial charge in [-0.1, -0.05) is 17.7 Å². The molecule has 0 saturated carbocycles. The maximum absolute atomic E-state index is 5.91. The number of methoxy groups -OCH3 is 1. The molecular weight excluding hydrogens is 202 g/mol. The summed E-state index contributed by atoms with van der Waals surface area (Å²) in [5.74, 6) is 0.886. The van der Waals surface area contributed by atoms with Crippen molar-refractivity contribution >= 4 is 0 Å². The molecule has 0 heterocycles. The second-order valence-corrected chi connectivity index (χ2v) is 4.02. The molecule has 1 aromatic carbocycles. The third kappa shape index (κ3) is 3.83. The van der Waals surface area contributed by atoms with E-state index >= 15 is 0 Å². The number of nitrogens with two attached hydrogens (primary N) is 1. The Labute approximate surface area is 97.6 Å². The molecule has 16 heavy (non-hydrogen) atoms. The Hall–Kier alpha value is -1.06. The van der Waals surface area contributed by atoms with E-state index in [1.807, 2.05) is 19.1 Å². The number of rotatable bonds is 6. The van der Waals surface area contributed by atoms with Gasteiger partial charge in [0.25, 0.3) is 0 Å². The molecule has 1 atom stereocenters. The van der Waals surface area contributed by atoms with E-state index in [1.54, 1.807) is 7.11 Å². The highest BCUT2D eigenvalue weighted by molar-refractivity contribution is 5.38. The Morgan fingerprint density at radius 2 is 2.06 bits per heavy atom. The molecule has 3 nitrogen and oxygen atoms in total. The minimum absolute atomic E-state index is 0.00248. The molecule has 1 aromatic rings. The summed E-state index contributed by atoms with van der Waals surface area (Å²) in [7, 11) is 1.69. The van der Waals surface area contributed by atoms with Crippen molar-refractivity contribution < 1.29 is 9.47 Å². The van der Waals surface area contributed by atoms with Gasteiger partial charge in [0, 0.05) is 31.7 Å². The van der Waals surface area contributed by atoms with E-state index in [4.69, 9.17) is 15.2 Å². The van der Waals surface area contributed by atoms with Crippen molar-refractivity contribution in [1.82, 2.24) is 0 Å². The number of aryl methyl sites for hydroxylation is 1. The van der Waals surface area contributed by atoms with Crippen LogP contribution in [0.4, 0.5) is 0 Å². The monoisotopic (exact) mass is 223 g/mol. The maximum atomic E-state index is 5.91. The molecule has 0 spiro atoms. The van der Waals surface area contributed by atoms with Crippen LogP contribution in [0.3, 0.4) is 0 Å². The molecular formula is C13H21NO2. The van der Waals surface area contributed by atoms with Gasteiger partial charge < -0.3 is 15.2 Å². The Bertz CT molecular complexity index is 324. The van der Waals surface area contributed by atoms with Gasteiger partial charge in [0.05, 0.1) is 6.61 Å². The van der Waals surface area contributed by atoms with Gasteiger partial charge >= 0.3 is 0 Å². The zero-order valence-electron chi connectivity index (χ0n) is 10.3. The van der Waals surface area contributed by atoms with Crippen molar-refractivity contribution in [2.75, 3.05) is 20.3 Å². The average Bonchev–Trinajstić information content (AvgIpc) is 2.26. The predicted octanol–water partition coefficient (Wildman–Crippen LogP) is 2.43. The molecule has 0 unspecified atom stereocenters. The lowest BCUT2D eigenvalue weighted by Crippen LogP contribution is -2.09. The van der Waals surface area contributed by atoms with Crippen molar-refractivity contribution in [3.05, 3.63) is 29.3 Å². The second-order valence-electron chi connectivity index (χ2n) is 4.02. The van der Waals surface area contributed by atoms with Crippen LogP contribution < -0.4 is 10.5 Å². The lowest BCUT2D eigenvalue weighted by Gasteiger charge is -2.14. The van der Waals surface area contributed by atoms with Crippen molar-refractivity contribution in [2.24, 2.45) is 5.73 Å². The predicted molar refractivity (Wildman–Crippen MR) is 65.8 cm³/mol. The summed E-state index contributed by atoms with van der Waals surface area (Å²) in [6, 6.07) is 6.10. The molecule has 0 fully saturated rings. The van der Waals surface area contributed by atoms with E-state index in [0.29, 0.717) is 6.61 Å². The molecule has 1 rings (SSSR count). The second kappa shape index (κ2) is 6.51. The van der Waals surface area contributed by atoms with Crippen LogP contribution in [0.15, 0.2) is 18.2 Å². The van der Waals surface area contributed by atoms with Gasteiger partial charge in [-0.05, 0) is 19.9 Å². The highest BCUT2D eigenvalue weighted by Crippen LogP contribution is 2.25. The Kier molecular flexibility index (Phi) is 5.29. The lowest BCUT2D eigenvalue weighted by molar-refractivity contribution is 0.171. The third-order valence-corrected chi connectivity index (χ3v) is 2.41. The summed E-state index contributed by atoms with van der Waals surface area (Å²) in [5, 5.41) is 0. The minimum Gasteiger partial charge on any atom is -0.493 e. The molecule has 0 aliphatic rings. The first-order valence-electron chi connectivity index (χ1n) is 5.63. The fourth-order valence-corrected chi connectivity index (χ4v) is 1.54. The van der Waals surface area contributed by atoms with E-state index in [1.165, 1.54) is 5.56 Å². The van der Waals surface area contributed by atoms with Gasteiger partial charge in [0.2, 0.25) is 0 Å². The topological polar surface area (TPSA) is 44.5 Å².